The Bertz CT molecular complexity index is 151. The highest BCUT2D eigenvalue weighted by atomic mass is 32.2. The van der Waals surface area contributed by atoms with Gasteiger partial charge in [-0.25, -0.2) is 0 Å². The molecule has 0 amide bonds. The second kappa shape index (κ2) is 2.92. The molecule has 0 unspecified atom stereocenters. The minimum atomic E-state index is 0.156. The molecular weight excluding hydrogens is 136 g/mol. The van der Waals surface area contributed by atoms with Gasteiger partial charge in [-0.3, -0.25) is 4.79 Å². The molecule has 0 N–H and O–H groups in total. The van der Waals surface area contributed by atoms with E-state index in [0.29, 0.717) is 5.75 Å². The van der Waals surface area contributed by atoms with Gasteiger partial charge in [0.25, 0.3) is 0 Å². The van der Waals surface area contributed by atoms with Crippen molar-refractivity contribution in [1.29, 1.82) is 0 Å². The van der Waals surface area contributed by atoms with E-state index < -0.39 is 0 Å². The van der Waals surface area contributed by atoms with Crippen molar-refractivity contribution in [2.45, 2.75) is 0 Å². The van der Waals surface area contributed by atoms with Crippen molar-refractivity contribution in [1.82, 2.24) is 0 Å². The van der Waals surface area contributed by atoms with Crippen LogP contribution in [0.1, 0.15) is 0 Å². The molecule has 0 saturated carbocycles. The third kappa shape index (κ3) is 1.75. The fourth-order valence-corrected chi connectivity index (χ4v) is 1.42. The summed E-state index contributed by atoms with van der Waals surface area (Å²) in [6.07, 6.45) is 1.57. The van der Waals surface area contributed by atoms with Gasteiger partial charge in [-0.15, -0.1) is 11.8 Å². The average molecular weight is 144 g/mol. The van der Waals surface area contributed by atoms with Gasteiger partial charge in [-0.1, -0.05) is 0 Å². The number of methoxy groups -OCH3 is 1. The highest BCUT2D eigenvalue weighted by molar-refractivity contribution is 8.00. The summed E-state index contributed by atoms with van der Waals surface area (Å²) >= 11 is 1.59. The Morgan fingerprint density at radius 3 is 2.89 bits per heavy atom. The minimum Gasteiger partial charge on any atom is -0.500 e. The number of hydrogen-bond donors (Lipinski definition) is 0. The molecule has 0 bridgehead atoms. The van der Waals surface area contributed by atoms with E-state index in [9.17, 15) is 4.79 Å². The van der Waals surface area contributed by atoms with Gasteiger partial charge in [0.1, 0.15) is 5.76 Å². The molecule has 0 aliphatic carbocycles. The monoisotopic (exact) mass is 144 g/mol. The molecule has 0 aromatic heterocycles. The first-order chi connectivity index (χ1) is 4.33. The van der Waals surface area contributed by atoms with Crippen LogP contribution in [0.25, 0.3) is 0 Å². The SMILES string of the molecule is COC1=CC(=O)CSC1. The first-order valence-corrected chi connectivity index (χ1v) is 3.83. The summed E-state index contributed by atoms with van der Waals surface area (Å²) in [5.41, 5.74) is 0. The molecule has 0 fully saturated rings. The summed E-state index contributed by atoms with van der Waals surface area (Å²) < 4.78 is 4.88. The summed E-state index contributed by atoms with van der Waals surface area (Å²) in [5.74, 6) is 2.38. The number of ether oxygens (including phenoxy) is 1. The zero-order valence-corrected chi connectivity index (χ0v) is 6.03. The highest BCUT2D eigenvalue weighted by Crippen LogP contribution is 2.14. The summed E-state index contributed by atoms with van der Waals surface area (Å²) in [6.45, 7) is 0. The summed E-state index contributed by atoms with van der Waals surface area (Å²) in [7, 11) is 1.59. The van der Waals surface area contributed by atoms with Gasteiger partial charge in [0.15, 0.2) is 5.78 Å². The topological polar surface area (TPSA) is 26.3 Å². The molecule has 0 saturated heterocycles. The lowest BCUT2D eigenvalue weighted by molar-refractivity contribution is -0.112. The second-order valence-electron chi connectivity index (χ2n) is 1.77. The molecule has 0 atom stereocenters. The molecular formula is C6H8O2S. The van der Waals surface area contributed by atoms with Gasteiger partial charge >= 0.3 is 0 Å². The van der Waals surface area contributed by atoms with Gasteiger partial charge in [0.2, 0.25) is 0 Å². The quantitative estimate of drug-likeness (QED) is 0.545. The van der Waals surface area contributed by atoms with Crippen LogP contribution in [0.2, 0.25) is 0 Å². The van der Waals surface area contributed by atoms with Crippen molar-refractivity contribution in [2.24, 2.45) is 0 Å². The van der Waals surface area contributed by atoms with Crippen molar-refractivity contribution >= 4 is 17.5 Å². The smallest absolute Gasteiger partial charge is 0.168 e. The second-order valence-corrected chi connectivity index (χ2v) is 2.76. The molecule has 50 valence electrons. The molecule has 2 nitrogen and oxygen atoms in total. The fraction of sp³-hybridized carbons (Fsp3) is 0.500. The predicted molar refractivity (Wildman–Crippen MR) is 37.4 cm³/mol. The maximum Gasteiger partial charge on any atom is 0.168 e. The molecule has 0 radical (unpaired) electrons. The maximum atomic E-state index is 10.7. The van der Waals surface area contributed by atoms with Gasteiger partial charge in [0, 0.05) is 6.08 Å². The molecule has 1 aliphatic rings. The van der Waals surface area contributed by atoms with E-state index >= 15 is 0 Å². The van der Waals surface area contributed by atoms with Gasteiger partial charge in [0.05, 0.1) is 18.6 Å². The van der Waals surface area contributed by atoms with Crippen molar-refractivity contribution in [2.75, 3.05) is 18.6 Å². The Kier molecular flexibility index (Phi) is 2.16. The molecule has 0 aromatic carbocycles. The first-order valence-electron chi connectivity index (χ1n) is 2.68. The lowest BCUT2D eigenvalue weighted by Gasteiger charge is -2.08. The van der Waals surface area contributed by atoms with Crippen LogP contribution in [0.15, 0.2) is 11.8 Å². The lowest BCUT2D eigenvalue weighted by Crippen LogP contribution is -2.08. The van der Waals surface area contributed by atoms with Crippen LogP contribution < -0.4 is 0 Å². The summed E-state index contributed by atoms with van der Waals surface area (Å²) in [4.78, 5) is 10.7. The Labute approximate surface area is 58.3 Å². The number of rotatable bonds is 1. The standard InChI is InChI=1S/C6H8O2S/c1-8-6-2-5(7)3-9-4-6/h2H,3-4H2,1H3. The van der Waals surface area contributed by atoms with Crippen LogP contribution in [-0.4, -0.2) is 24.4 Å². The molecule has 1 heterocycles. The van der Waals surface area contributed by atoms with E-state index in [-0.39, 0.29) is 5.78 Å². The van der Waals surface area contributed by atoms with Gasteiger partial charge < -0.3 is 4.74 Å². The van der Waals surface area contributed by atoms with Crippen molar-refractivity contribution in [3.8, 4) is 0 Å². The minimum absolute atomic E-state index is 0.156. The van der Waals surface area contributed by atoms with E-state index in [4.69, 9.17) is 4.74 Å². The molecule has 1 aliphatic heterocycles. The number of thioether (sulfide) groups is 1. The van der Waals surface area contributed by atoms with E-state index in [0.717, 1.165) is 11.5 Å². The van der Waals surface area contributed by atoms with Crippen molar-refractivity contribution in [3.05, 3.63) is 11.8 Å². The Morgan fingerprint density at radius 2 is 2.44 bits per heavy atom. The van der Waals surface area contributed by atoms with Crippen molar-refractivity contribution in [3.63, 3.8) is 0 Å². The number of carbonyl (C=O) groups excluding carboxylic acids is 1. The molecule has 3 heteroatoms. The van der Waals surface area contributed by atoms with Crippen LogP contribution in [0, 0.1) is 0 Å². The molecule has 1 rings (SSSR count). The van der Waals surface area contributed by atoms with E-state index in [1.165, 1.54) is 0 Å². The van der Waals surface area contributed by atoms with Crippen molar-refractivity contribution < 1.29 is 9.53 Å². The molecule has 9 heavy (non-hydrogen) atoms. The highest BCUT2D eigenvalue weighted by Gasteiger charge is 2.08. The summed E-state index contributed by atoms with van der Waals surface area (Å²) in [6, 6.07) is 0. The molecule has 0 aromatic rings. The third-order valence-electron chi connectivity index (χ3n) is 1.07. The Balaban J connectivity index is 2.59. The van der Waals surface area contributed by atoms with E-state index in [1.54, 1.807) is 24.9 Å². The Morgan fingerprint density at radius 1 is 1.67 bits per heavy atom. The number of ketones is 1. The first kappa shape index (κ1) is 6.68. The van der Waals surface area contributed by atoms with E-state index in [2.05, 4.69) is 0 Å². The van der Waals surface area contributed by atoms with E-state index in [1.807, 2.05) is 0 Å². The van der Waals surface area contributed by atoms with Crippen LogP contribution in [0.4, 0.5) is 0 Å². The summed E-state index contributed by atoms with van der Waals surface area (Å²) in [5, 5.41) is 0. The largest absolute Gasteiger partial charge is 0.500 e. The van der Waals surface area contributed by atoms with Crippen LogP contribution in [-0.2, 0) is 9.53 Å². The number of allylic oxidation sites excluding steroid dienone is 1. The number of hydrogen-bond acceptors (Lipinski definition) is 3. The molecule has 0 spiro atoms. The number of carbonyl (C=O) groups is 1. The Hall–Kier alpha value is -0.440. The lowest BCUT2D eigenvalue weighted by atomic mass is 10.3. The predicted octanol–water partition coefficient (Wildman–Crippen LogP) is 0.833. The van der Waals surface area contributed by atoms with Gasteiger partial charge in [-0.2, -0.15) is 0 Å². The zero-order chi connectivity index (χ0) is 6.69. The van der Waals surface area contributed by atoms with Crippen LogP contribution in [0.3, 0.4) is 0 Å². The normalized spacial score (nSPS) is 19.2. The van der Waals surface area contributed by atoms with Gasteiger partial charge in [-0.05, 0) is 0 Å². The third-order valence-corrected chi connectivity index (χ3v) is 2.05. The maximum absolute atomic E-state index is 10.7. The fourth-order valence-electron chi connectivity index (χ4n) is 0.633. The van der Waals surface area contributed by atoms with Crippen LogP contribution >= 0.6 is 11.8 Å². The average Bonchev–Trinajstić information content (AvgIpc) is 1.88. The zero-order valence-electron chi connectivity index (χ0n) is 5.22. The van der Waals surface area contributed by atoms with Crippen LogP contribution in [0.5, 0.6) is 0 Å².